The molecule has 0 saturated carbocycles. The van der Waals surface area contributed by atoms with Gasteiger partial charge in [0.05, 0.1) is 33.5 Å². The second kappa shape index (κ2) is 16.2. The molecule has 0 aliphatic carbocycles. The Bertz CT molecular complexity index is 1080. The minimum absolute atomic E-state index is 0.149. The Morgan fingerprint density at radius 2 is 1.14 bits per heavy atom. The molecule has 6 nitrogen and oxygen atoms in total. The lowest BCUT2D eigenvalue weighted by atomic mass is 10.0. The van der Waals surface area contributed by atoms with Crippen LogP contribution in [0.4, 0.5) is 0 Å². The number of methoxy groups -OCH3 is 1. The molecule has 0 radical (unpaired) electrons. The number of ether oxygens (including phenoxy) is 4. The maximum Gasteiger partial charge on any atom is 0.330 e. The maximum absolute atomic E-state index is 12.0. The van der Waals surface area contributed by atoms with Crippen LogP contribution >= 0.6 is 0 Å². The first-order valence-corrected chi connectivity index (χ1v) is 12.2. The summed E-state index contributed by atoms with van der Waals surface area (Å²) < 4.78 is 23.8. The van der Waals surface area contributed by atoms with Crippen LogP contribution in [0.25, 0.3) is 0 Å². The van der Waals surface area contributed by atoms with Crippen LogP contribution in [0.5, 0.6) is 0 Å². The van der Waals surface area contributed by atoms with E-state index < -0.39 is 24.3 Å². The summed E-state index contributed by atoms with van der Waals surface area (Å²) in [5.74, 6) is -0.497. The van der Waals surface area contributed by atoms with Crippen LogP contribution in [0.2, 0.25) is 0 Å². The smallest absolute Gasteiger partial charge is 0.330 e. The molecule has 0 unspecified atom stereocenters. The van der Waals surface area contributed by atoms with Crippen LogP contribution in [0.15, 0.2) is 115 Å². The lowest BCUT2D eigenvalue weighted by Gasteiger charge is -2.31. The van der Waals surface area contributed by atoms with Gasteiger partial charge in [-0.05, 0) is 22.8 Å². The summed E-state index contributed by atoms with van der Waals surface area (Å²) in [6.07, 6.45) is 4.47. The van der Waals surface area contributed by atoms with Crippen molar-refractivity contribution < 1.29 is 28.8 Å². The Labute approximate surface area is 218 Å². The normalized spacial score (nSPS) is 14.0. The molecule has 0 saturated heterocycles. The summed E-state index contributed by atoms with van der Waals surface area (Å²) in [5.41, 5.74) is 2.96. The predicted octanol–water partition coefficient (Wildman–Crippen LogP) is 5.02. The van der Waals surface area contributed by atoms with E-state index in [0.717, 1.165) is 16.7 Å². The SMILES string of the molecule is COC(=O)/C=C/[C@@H](OCc1ccccc1)[C@H](OCc1ccccc1)[C@H](/C=C/CO)OCc1ccccc1. The van der Waals surface area contributed by atoms with Gasteiger partial charge in [0.15, 0.2) is 0 Å². The van der Waals surface area contributed by atoms with Crippen LogP contribution in [-0.2, 0) is 43.6 Å². The zero-order valence-corrected chi connectivity index (χ0v) is 21.0. The quantitative estimate of drug-likeness (QED) is 0.179. The summed E-state index contributed by atoms with van der Waals surface area (Å²) in [6, 6.07) is 29.4. The largest absolute Gasteiger partial charge is 0.466 e. The number of rotatable bonds is 15. The fraction of sp³-hybridized carbons (Fsp3) is 0.258. The number of hydrogen-bond donors (Lipinski definition) is 1. The first-order valence-electron chi connectivity index (χ1n) is 12.2. The number of carbonyl (C=O) groups is 1. The summed E-state index contributed by atoms with van der Waals surface area (Å²) in [7, 11) is 1.33. The molecule has 6 heteroatoms. The molecular formula is C31H34O6. The molecule has 0 bridgehead atoms. The average Bonchev–Trinajstić information content (AvgIpc) is 2.96. The van der Waals surface area contributed by atoms with Crippen molar-refractivity contribution in [2.45, 2.75) is 38.1 Å². The second-order valence-corrected chi connectivity index (χ2v) is 8.28. The van der Waals surface area contributed by atoms with Gasteiger partial charge in [-0.2, -0.15) is 0 Å². The molecule has 3 aromatic carbocycles. The molecule has 37 heavy (non-hydrogen) atoms. The highest BCUT2D eigenvalue weighted by Gasteiger charge is 2.30. The molecule has 3 atom stereocenters. The lowest BCUT2D eigenvalue weighted by molar-refractivity contribution is -0.135. The van der Waals surface area contributed by atoms with E-state index in [1.165, 1.54) is 13.2 Å². The molecule has 0 spiro atoms. The van der Waals surface area contributed by atoms with E-state index in [-0.39, 0.29) is 6.61 Å². The minimum atomic E-state index is -0.660. The van der Waals surface area contributed by atoms with Crippen LogP contribution < -0.4 is 0 Å². The zero-order chi connectivity index (χ0) is 26.1. The van der Waals surface area contributed by atoms with Crippen molar-refractivity contribution in [2.75, 3.05) is 13.7 Å². The fourth-order valence-corrected chi connectivity index (χ4v) is 3.63. The third-order valence-corrected chi connectivity index (χ3v) is 5.56. The van der Waals surface area contributed by atoms with E-state index >= 15 is 0 Å². The molecule has 0 aliphatic heterocycles. The summed E-state index contributed by atoms with van der Waals surface area (Å²) in [6.45, 7) is 0.793. The van der Waals surface area contributed by atoms with Gasteiger partial charge >= 0.3 is 5.97 Å². The van der Waals surface area contributed by atoms with Gasteiger partial charge in [0.2, 0.25) is 0 Å². The first kappa shape index (κ1) is 28.0. The number of aliphatic hydroxyl groups is 1. The van der Waals surface area contributed by atoms with E-state index in [1.807, 2.05) is 91.0 Å². The Morgan fingerprint density at radius 3 is 1.57 bits per heavy atom. The molecule has 194 valence electrons. The van der Waals surface area contributed by atoms with Gasteiger partial charge in [0.25, 0.3) is 0 Å². The Morgan fingerprint density at radius 1 is 0.703 bits per heavy atom. The van der Waals surface area contributed by atoms with Crippen molar-refractivity contribution >= 4 is 5.97 Å². The second-order valence-electron chi connectivity index (χ2n) is 8.28. The maximum atomic E-state index is 12.0. The highest BCUT2D eigenvalue weighted by Crippen LogP contribution is 2.20. The molecule has 0 amide bonds. The number of hydrogen-bond acceptors (Lipinski definition) is 6. The van der Waals surface area contributed by atoms with Gasteiger partial charge in [0, 0.05) is 6.08 Å². The average molecular weight is 503 g/mol. The lowest BCUT2D eigenvalue weighted by Crippen LogP contribution is -2.41. The van der Waals surface area contributed by atoms with Gasteiger partial charge in [-0.15, -0.1) is 0 Å². The van der Waals surface area contributed by atoms with Crippen LogP contribution in [0.3, 0.4) is 0 Å². The van der Waals surface area contributed by atoms with E-state index in [2.05, 4.69) is 0 Å². The van der Waals surface area contributed by atoms with Crippen molar-refractivity contribution in [1.82, 2.24) is 0 Å². The molecule has 0 aromatic heterocycles. The van der Waals surface area contributed by atoms with Gasteiger partial charge in [-0.25, -0.2) is 4.79 Å². The third-order valence-electron chi connectivity index (χ3n) is 5.56. The third kappa shape index (κ3) is 10.1. The van der Waals surface area contributed by atoms with Crippen LogP contribution in [0, 0.1) is 0 Å². The zero-order valence-electron chi connectivity index (χ0n) is 21.0. The Kier molecular flexibility index (Phi) is 12.3. The van der Waals surface area contributed by atoms with Crippen molar-refractivity contribution in [2.24, 2.45) is 0 Å². The molecule has 3 aromatic rings. The summed E-state index contributed by atoms with van der Waals surface area (Å²) >= 11 is 0. The minimum Gasteiger partial charge on any atom is -0.466 e. The first-order chi connectivity index (χ1) is 18.2. The van der Waals surface area contributed by atoms with Crippen LogP contribution in [0.1, 0.15) is 16.7 Å². The Hall–Kier alpha value is -3.55. The van der Waals surface area contributed by atoms with Gasteiger partial charge in [-0.3, -0.25) is 0 Å². The highest BCUT2D eigenvalue weighted by atomic mass is 16.6. The topological polar surface area (TPSA) is 74.2 Å². The van der Waals surface area contributed by atoms with Gasteiger partial charge in [-0.1, -0.05) is 103 Å². The van der Waals surface area contributed by atoms with Gasteiger partial charge < -0.3 is 24.1 Å². The van der Waals surface area contributed by atoms with Crippen LogP contribution in [-0.4, -0.2) is 43.1 Å². The van der Waals surface area contributed by atoms with Gasteiger partial charge in [0.1, 0.15) is 18.3 Å². The summed E-state index contributed by atoms with van der Waals surface area (Å²) in [5, 5.41) is 9.50. The molecule has 3 rings (SSSR count). The van der Waals surface area contributed by atoms with Crippen molar-refractivity contribution in [3.05, 3.63) is 132 Å². The van der Waals surface area contributed by atoms with Crippen molar-refractivity contribution in [3.8, 4) is 0 Å². The molecular weight excluding hydrogens is 468 g/mol. The molecule has 1 N–H and O–H groups in total. The highest BCUT2D eigenvalue weighted by molar-refractivity contribution is 5.81. The number of benzene rings is 3. The molecule has 0 fully saturated rings. The van der Waals surface area contributed by atoms with Crippen molar-refractivity contribution in [1.29, 1.82) is 0 Å². The Balaban J connectivity index is 1.90. The number of aliphatic hydroxyl groups excluding tert-OH is 1. The fourth-order valence-electron chi connectivity index (χ4n) is 3.63. The van der Waals surface area contributed by atoms with E-state index in [1.54, 1.807) is 18.2 Å². The molecule has 0 heterocycles. The standard InChI is InChI=1S/C31H34O6/c1-34-30(33)20-19-29(36-23-26-14-7-3-8-15-26)31(37-24-27-16-9-4-10-17-27)28(18-11-21-32)35-22-25-12-5-2-6-13-25/h2-20,28-29,31-32H,21-24H2,1H3/b18-11+,20-19+/t28-,29+,31+/m0/s1. The van der Waals surface area contributed by atoms with E-state index in [0.29, 0.717) is 19.8 Å². The molecule has 0 aliphatic rings. The predicted molar refractivity (Wildman–Crippen MR) is 142 cm³/mol. The van der Waals surface area contributed by atoms with Crippen molar-refractivity contribution in [3.63, 3.8) is 0 Å². The summed E-state index contributed by atoms with van der Waals surface area (Å²) in [4.78, 5) is 12.0. The van der Waals surface area contributed by atoms with E-state index in [4.69, 9.17) is 18.9 Å². The number of carbonyl (C=O) groups excluding carboxylic acids is 1. The number of esters is 1. The monoisotopic (exact) mass is 502 g/mol. The van der Waals surface area contributed by atoms with E-state index in [9.17, 15) is 9.90 Å².